The predicted octanol–water partition coefficient (Wildman–Crippen LogP) is 2.91. The van der Waals surface area contributed by atoms with Gasteiger partial charge >= 0.3 is 0 Å². The third-order valence-electron chi connectivity index (χ3n) is 2.88. The lowest BCUT2D eigenvalue weighted by Gasteiger charge is -2.26. The van der Waals surface area contributed by atoms with Crippen molar-refractivity contribution >= 4 is 0 Å². The number of aliphatic hydroxyl groups excluding tert-OH is 1. The lowest BCUT2D eigenvalue weighted by atomic mass is 9.83. The van der Waals surface area contributed by atoms with Gasteiger partial charge < -0.3 is 14.6 Å². The Labute approximate surface area is 105 Å². The van der Waals surface area contributed by atoms with E-state index < -0.39 is 11.8 Å². The molecule has 0 aliphatic heterocycles. The van der Waals surface area contributed by atoms with Crippen molar-refractivity contribution in [3.63, 3.8) is 0 Å². The fourth-order valence-electron chi connectivity index (χ4n) is 1.70. The van der Waals surface area contributed by atoms with Gasteiger partial charge in [0.2, 0.25) is 0 Å². The van der Waals surface area contributed by atoms with E-state index in [0.29, 0.717) is 11.3 Å². The molecule has 3 nitrogen and oxygen atoms in total. The molecule has 0 spiro atoms. The van der Waals surface area contributed by atoms with Crippen LogP contribution in [0.3, 0.4) is 0 Å². The number of aliphatic hydroxyl groups is 1. The normalized spacial score (nSPS) is 11.8. The predicted molar refractivity (Wildman–Crippen MR) is 64.6 cm³/mol. The Morgan fingerprint density at radius 3 is 2.22 bits per heavy atom. The minimum Gasteiger partial charge on any atom is -0.493 e. The van der Waals surface area contributed by atoms with E-state index in [1.165, 1.54) is 26.4 Å². The summed E-state index contributed by atoms with van der Waals surface area (Å²) >= 11 is 0. The summed E-state index contributed by atoms with van der Waals surface area (Å²) in [6.07, 6.45) is -2.60. The third kappa shape index (κ3) is 2.72. The standard InChI is InChI=1S/C13H18F2O3/c1-13(2,7-16)9-5-8(12(14)15)6-10(17-3)11(9)18-4/h5-6,12,16H,7H2,1-4H3. The van der Waals surface area contributed by atoms with Crippen molar-refractivity contribution in [1.82, 2.24) is 0 Å². The Bertz CT molecular complexity index is 417. The SMILES string of the molecule is COc1cc(C(F)F)cc(C(C)(C)CO)c1OC. The number of halogens is 2. The highest BCUT2D eigenvalue weighted by Gasteiger charge is 2.28. The van der Waals surface area contributed by atoms with Crippen LogP contribution in [0, 0.1) is 0 Å². The van der Waals surface area contributed by atoms with Gasteiger partial charge in [-0.25, -0.2) is 8.78 Å². The molecule has 0 unspecified atom stereocenters. The zero-order valence-electron chi connectivity index (χ0n) is 11.0. The van der Waals surface area contributed by atoms with Crippen LogP contribution in [0.4, 0.5) is 8.78 Å². The summed E-state index contributed by atoms with van der Waals surface area (Å²) in [4.78, 5) is 0. The molecule has 0 amide bonds. The Kier molecular flexibility index (Phi) is 4.51. The van der Waals surface area contributed by atoms with Crippen LogP contribution in [0.15, 0.2) is 12.1 Å². The average molecular weight is 260 g/mol. The average Bonchev–Trinajstić information content (AvgIpc) is 2.36. The van der Waals surface area contributed by atoms with Gasteiger partial charge in [-0.05, 0) is 12.1 Å². The molecule has 1 rings (SSSR count). The molecule has 0 heterocycles. The zero-order valence-corrected chi connectivity index (χ0v) is 11.0. The van der Waals surface area contributed by atoms with E-state index in [4.69, 9.17) is 9.47 Å². The second-order valence-electron chi connectivity index (χ2n) is 4.65. The Balaban J connectivity index is 3.50. The maximum atomic E-state index is 12.8. The van der Waals surface area contributed by atoms with Gasteiger partial charge in [0.15, 0.2) is 11.5 Å². The Morgan fingerprint density at radius 2 is 1.83 bits per heavy atom. The minimum absolute atomic E-state index is 0.149. The molecule has 18 heavy (non-hydrogen) atoms. The van der Waals surface area contributed by atoms with Crippen LogP contribution in [0.2, 0.25) is 0 Å². The first-order valence-corrected chi connectivity index (χ1v) is 5.52. The third-order valence-corrected chi connectivity index (χ3v) is 2.88. The first-order chi connectivity index (χ1) is 8.37. The maximum absolute atomic E-state index is 12.8. The Morgan fingerprint density at radius 1 is 1.22 bits per heavy atom. The first kappa shape index (κ1) is 14.7. The fourth-order valence-corrected chi connectivity index (χ4v) is 1.70. The van der Waals surface area contributed by atoms with Crippen LogP contribution in [0.25, 0.3) is 0 Å². The van der Waals surface area contributed by atoms with E-state index in [1.54, 1.807) is 13.8 Å². The minimum atomic E-state index is -2.60. The smallest absolute Gasteiger partial charge is 0.263 e. The van der Waals surface area contributed by atoms with Crippen molar-refractivity contribution < 1.29 is 23.4 Å². The molecular formula is C13H18F2O3. The number of benzene rings is 1. The summed E-state index contributed by atoms with van der Waals surface area (Å²) in [6, 6.07) is 2.60. The molecule has 0 aromatic heterocycles. The topological polar surface area (TPSA) is 38.7 Å². The van der Waals surface area contributed by atoms with E-state index in [1.807, 2.05) is 0 Å². The van der Waals surface area contributed by atoms with Gasteiger partial charge in [0, 0.05) is 16.5 Å². The van der Waals surface area contributed by atoms with Gasteiger partial charge in [0.25, 0.3) is 6.43 Å². The van der Waals surface area contributed by atoms with Crippen molar-refractivity contribution in [2.24, 2.45) is 0 Å². The quantitative estimate of drug-likeness (QED) is 0.884. The molecule has 5 heteroatoms. The van der Waals surface area contributed by atoms with Crippen molar-refractivity contribution in [3.8, 4) is 11.5 Å². The molecular weight excluding hydrogens is 242 g/mol. The lowest BCUT2D eigenvalue weighted by Crippen LogP contribution is -2.23. The monoisotopic (exact) mass is 260 g/mol. The van der Waals surface area contributed by atoms with Gasteiger partial charge in [-0.1, -0.05) is 13.8 Å². The molecule has 0 aliphatic carbocycles. The highest BCUT2D eigenvalue weighted by atomic mass is 19.3. The number of alkyl halides is 2. The molecule has 1 aromatic carbocycles. The van der Waals surface area contributed by atoms with E-state index in [-0.39, 0.29) is 17.9 Å². The maximum Gasteiger partial charge on any atom is 0.263 e. The molecule has 0 atom stereocenters. The number of ether oxygens (including phenoxy) is 2. The van der Waals surface area contributed by atoms with Crippen LogP contribution < -0.4 is 9.47 Å². The summed E-state index contributed by atoms with van der Waals surface area (Å²) in [7, 11) is 2.83. The molecule has 0 aliphatic rings. The molecule has 0 radical (unpaired) electrons. The molecule has 102 valence electrons. The van der Waals surface area contributed by atoms with Crippen LogP contribution in [0.5, 0.6) is 11.5 Å². The van der Waals surface area contributed by atoms with Crippen molar-refractivity contribution in [2.45, 2.75) is 25.7 Å². The number of hydrogen-bond donors (Lipinski definition) is 1. The van der Waals surface area contributed by atoms with Gasteiger partial charge in [-0.2, -0.15) is 0 Å². The zero-order chi connectivity index (χ0) is 13.9. The number of rotatable bonds is 5. The first-order valence-electron chi connectivity index (χ1n) is 5.52. The van der Waals surface area contributed by atoms with Gasteiger partial charge in [0.1, 0.15) is 0 Å². The second kappa shape index (κ2) is 5.52. The lowest BCUT2D eigenvalue weighted by molar-refractivity contribution is 0.150. The molecule has 0 fully saturated rings. The van der Waals surface area contributed by atoms with Crippen LogP contribution in [-0.2, 0) is 5.41 Å². The largest absolute Gasteiger partial charge is 0.493 e. The van der Waals surface area contributed by atoms with Crippen molar-refractivity contribution in [1.29, 1.82) is 0 Å². The van der Waals surface area contributed by atoms with Crippen LogP contribution in [0.1, 0.15) is 31.4 Å². The summed E-state index contributed by atoms with van der Waals surface area (Å²) in [5, 5.41) is 9.38. The molecule has 1 aromatic rings. The highest BCUT2D eigenvalue weighted by molar-refractivity contribution is 5.52. The number of methoxy groups -OCH3 is 2. The summed E-state index contributed by atoms with van der Waals surface area (Å²) in [6.45, 7) is 3.32. The van der Waals surface area contributed by atoms with Gasteiger partial charge in [0.05, 0.1) is 20.8 Å². The van der Waals surface area contributed by atoms with E-state index in [9.17, 15) is 13.9 Å². The van der Waals surface area contributed by atoms with Crippen molar-refractivity contribution in [3.05, 3.63) is 23.3 Å². The van der Waals surface area contributed by atoms with Gasteiger partial charge in [-0.3, -0.25) is 0 Å². The van der Waals surface area contributed by atoms with E-state index in [2.05, 4.69) is 0 Å². The highest BCUT2D eigenvalue weighted by Crippen LogP contribution is 2.41. The molecule has 0 saturated carbocycles. The summed E-state index contributed by atoms with van der Waals surface area (Å²) in [5.74, 6) is 0.618. The second-order valence-corrected chi connectivity index (χ2v) is 4.65. The number of hydrogen-bond acceptors (Lipinski definition) is 3. The van der Waals surface area contributed by atoms with Crippen molar-refractivity contribution in [2.75, 3.05) is 20.8 Å². The van der Waals surface area contributed by atoms with Crippen LogP contribution in [-0.4, -0.2) is 25.9 Å². The van der Waals surface area contributed by atoms with E-state index in [0.717, 1.165) is 0 Å². The fraction of sp³-hybridized carbons (Fsp3) is 0.538. The van der Waals surface area contributed by atoms with Crippen LogP contribution >= 0.6 is 0 Å². The Hall–Kier alpha value is -1.36. The van der Waals surface area contributed by atoms with E-state index >= 15 is 0 Å². The molecule has 1 N–H and O–H groups in total. The molecule has 0 bridgehead atoms. The van der Waals surface area contributed by atoms with Gasteiger partial charge in [-0.15, -0.1) is 0 Å². The summed E-state index contributed by atoms with van der Waals surface area (Å²) in [5.41, 5.74) is -0.338. The molecule has 0 saturated heterocycles. The summed E-state index contributed by atoms with van der Waals surface area (Å²) < 4.78 is 35.9.